The van der Waals surface area contributed by atoms with Crippen LogP contribution in [0.1, 0.15) is 17.5 Å². The van der Waals surface area contributed by atoms with E-state index in [2.05, 4.69) is 9.72 Å². The number of pyridine rings is 1. The number of carbonyl (C=O) groups is 2. The van der Waals surface area contributed by atoms with Gasteiger partial charge in [0.1, 0.15) is 11.5 Å². The highest BCUT2D eigenvalue weighted by Gasteiger charge is 2.64. The zero-order valence-corrected chi connectivity index (χ0v) is 25.3. The number of benzene rings is 2. The Bertz CT molecular complexity index is 1740. The fourth-order valence-electron chi connectivity index (χ4n) is 5.88. The number of ether oxygens (including phenoxy) is 3. The number of anilines is 1. The molecule has 3 aromatic rings. The van der Waals surface area contributed by atoms with Gasteiger partial charge in [-0.2, -0.15) is 0 Å². The zero-order chi connectivity index (χ0) is 32.9. The average Bonchev–Trinajstić information content (AvgIpc) is 3.50. The van der Waals surface area contributed by atoms with E-state index in [1.54, 1.807) is 0 Å². The molecular weight excluding hydrogens is 621 g/mol. The minimum absolute atomic E-state index is 0.0685. The van der Waals surface area contributed by atoms with Crippen molar-refractivity contribution in [2.75, 3.05) is 39.2 Å². The van der Waals surface area contributed by atoms with Gasteiger partial charge in [-0.3, -0.25) is 14.5 Å². The summed E-state index contributed by atoms with van der Waals surface area (Å²) in [6.07, 6.45) is -5.12. The highest BCUT2D eigenvalue weighted by molar-refractivity contribution is 7.93. The van der Waals surface area contributed by atoms with E-state index in [9.17, 15) is 31.5 Å². The van der Waals surface area contributed by atoms with E-state index < -0.39 is 51.6 Å². The Morgan fingerprint density at radius 3 is 2.31 bits per heavy atom. The number of carbonyl (C=O) groups excluding carboxylic acids is 2. The Kier molecular flexibility index (Phi) is 8.18. The van der Waals surface area contributed by atoms with Crippen molar-refractivity contribution in [3.63, 3.8) is 0 Å². The predicted molar refractivity (Wildman–Crippen MR) is 152 cm³/mol. The van der Waals surface area contributed by atoms with Crippen LogP contribution in [0.5, 0.6) is 17.4 Å². The van der Waals surface area contributed by atoms with Gasteiger partial charge >= 0.3 is 6.36 Å². The first-order valence-corrected chi connectivity index (χ1v) is 14.9. The van der Waals surface area contributed by atoms with Crippen molar-refractivity contribution >= 4 is 27.5 Å². The number of sulfonamides is 1. The molecule has 2 aromatic carbocycles. The third-order valence-corrected chi connectivity index (χ3v) is 9.40. The van der Waals surface area contributed by atoms with E-state index in [1.165, 1.54) is 80.7 Å². The van der Waals surface area contributed by atoms with Crippen LogP contribution in [0.15, 0.2) is 65.7 Å². The van der Waals surface area contributed by atoms with E-state index in [-0.39, 0.29) is 40.6 Å². The summed E-state index contributed by atoms with van der Waals surface area (Å²) in [5, 5.41) is 10.9. The maximum atomic E-state index is 15.1. The third kappa shape index (κ3) is 5.32. The number of likely N-dealkylation sites (tertiary alicyclic amines) is 1. The van der Waals surface area contributed by atoms with Gasteiger partial charge in [0, 0.05) is 38.0 Å². The standard InChI is InChI=1S/C29H29F3N4O8S/c1-34(2)26(38)24-14-17(37)16-35(24)28(21-6-5-13-33-25(21)43-4)22-15-19(44-29(30,31)32)9-12-23(22)36(27(28)39)45(40,41)20-10-7-18(42-3)8-11-20/h5-13,15,17,24,37H,14,16H2,1-4H3/t17-,24+,28?/m1/s1. The Hall–Kier alpha value is -4.41. The molecule has 5 rings (SSSR count). The summed E-state index contributed by atoms with van der Waals surface area (Å²) >= 11 is 0. The monoisotopic (exact) mass is 650 g/mol. The van der Waals surface area contributed by atoms with Crippen LogP contribution < -0.4 is 18.5 Å². The molecule has 2 amide bonds. The lowest BCUT2D eigenvalue weighted by Gasteiger charge is -2.41. The molecule has 0 radical (unpaired) electrons. The Labute approximate surface area is 256 Å². The summed E-state index contributed by atoms with van der Waals surface area (Å²) < 4.78 is 84.1. The Balaban J connectivity index is 1.87. The summed E-state index contributed by atoms with van der Waals surface area (Å²) in [7, 11) is 0.803. The molecule has 1 fully saturated rings. The highest BCUT2D eigenvalue weighted by atomic mass is 32.2. The van der Waals surface area contributed by atoms with Gasteiger partial charge < -0.3 is 24.2 Å². The number of aromatic nitrogens is 1. The number of halogens is 3. The second kappa shape index (κ2) is 11.5. The number of hydrogen-bond donors (Lipinski definition) is 1. The molecule has 2 aliphatic rings. The molecule has 240 valence electrons. The van der Waals surface area contributed by atoms with E-state index in [1.807, 2.05) is 0 Å². The van der Waals surface area contributed by atoms with E-state index in [0.717, 1.165) is 18.2 Å². The van der Waals surface area contributed by atoms with Gasteiger partial charge in [-0.15, -0.1) is 13.2 Å². The normalized spacial score (nSPS) is 21.9. The van der Waals surface area contributed by atoms with E-state index in [0.29, 0.717) is 10.1 Å². The van der Waals surface area contributed by atoms with Crippen LogP contribution in [-0.2, 0) is 25.2 Å². The molecule has 0 saturated carbocycles. The number of alkyl halides is 3. The first kappa shape index (κ1) is 32.0. The summed E-state index contributed by atoms with van der Waals surface area (Å²) in [6, 6.07) is 9.59. The SMILES string of the molecule is COc1ccc(S(=O)(=O)N2C(=O)C(c3cccnc3OC)(N3C[C@H](O)C[C@H]3C(=O)N(C)C)c3cc(OC(F)(F)F)ccc32)cc1. The van der Waals surface area contributed by atoms with Crippen molar-refractivity contribution in [1.82, 2.24) is 14.8 Å². The van der Waals surface area contributed by atoms with Crippen molar-refractivity contribution in [3.8, 4) is 17.4 Å². The van der Waals surface area contributed by atoms with Gasteiger partial charge in [0.2, 0.25) is 11.8 Å². The molecule has 16 heteroatoms. The van der Waals surface area contributed by atoms with Crippen LogP contribution in [0.25, 0.3) is 0 Å². The minimum Gasteiger partial charge on any atom is -0.497 e. The van der Waals surface area contributed by atoms with Crippen molar-refractivity contribution < 1.29 is 50.5 Å². The van der Waals surface area contributed by atoms with Gasteiger partial charge in [0.05, 0.1) is 36.9 Å². The predicted octanol–water partition coefficient (Wildman–Crippen LogP) is 2.50. The summed E-state index contributed by atoms with van der Waals surface area (Å²) in [6.45, 7) is -0.339. The summed E-state index contributed by atoms with van der Waals surface area (Å²) in [4.78, 5) is 35.0. The van der Waals surface area contributed by atoms with E-state index in [4.69, 9.17) is 9.47 Å². The molecule has 1 aromatic heterocycles. The molecule has 45 heavy (non-hydrogen) atoms. The van der Waals surface area contributed by atoms with Crippen molar-refractivity contribution in [3.05, 3.63) is 71.9 Å². The number of fused-ring (bicyclic) bond motifs is 1. The zero-order valence-electron chi connectivity index (χ0n) is 24.5. The number of nitrogens with zero attached hydrogens (tertiary/aromatic N) is 4. The lowest BCUT2D eigenvalue weighted by Crippen LogP contribution is -2.59. The van der Waals surface area contributed by atoms with Gasteiger partial charge in [-0.1, -0.05) is 0 Å². The molecule has 3 atom stereocenters. The third-order valence-electron chi connectivity index (χ3n) is 7.69. The second-order valence-corrected chi connectivity index (χ2v) is 12.3. The second-order valence-electron chi connectivity index (χ2n) is 10.5. The number of aliphatic hydroxyl groups is 1. The van der Waals surface area contributed by atoms with E-state index >= 15 is 4.79 Å². The molecule has 1 N–H and O–H groups in total. The first-order chi connectivity index (χ1) is 21.2. The molecule has 12 nitrogen and oxygen atoms in total. The fourth-order valence-corrected chi connectivity index (χ4v) is 7.34. The number of methoxy groups -OCH3 is 2. The maximum Gasteiger partial charge on any atom is 0.573 e. The summed E-state index contributed by atoms with van der Waals surface area (Å²) in [5.41, 5.74) is -2.97. The fraction of sp³-hybridized carbons (Fsp3) is 0.345. The summed E-state index contributed by atoms with van der Waals surface area (Å²) in [5.74, 6) is -2.28. The molecule has 0 spiro atoms. The smallest absolute Gasteiger partial charge is 0.497 e. The molecule has 0 aliphatic carbocycles. The number of hydrogen-bond acceptors (Lipinski definition) is 10. The van der Waals surface area contributed by atoms with Crippen LogP contribution >= 0.6 is 0 Å². The largest absolute Gasteiger partial charge is 0.573 e. The van der Waals surface area contributed by atoms with Gasteiger partial charge in [0.15, 0.2) is 5.54 Å². The number of rotatable bonds is 8. The first-order valence-electron chi connectivity index (χ1n) is 13.5. The van der Waals surface area contributed by atoms with Crippen LogP contribution in [-0.4, -0.2) is 93.5 Å². The quantitative estimate of drug-likeness (QED) is 0.387. The molecule has 3 heterocycles. The van der Waals surface area contributed by atoms with Crippen molar-refractivity contribution in [1.29, 1.82) is 0 Å². The Morgan fingerprint density at radius 1 is 1.04 bits per heavy atom. The average molecular weight is 651 g/mol. The highest BCUT2D eigenvalue weighted by Crippen LogP contribution is 2.55. The molecule has 0 bridgehead atoms. The van der Waals surface area contributed by atoms with Crippen molar-refractivity contribution in [2.24, 2.45) is 0 Å². The number of likely N-dealkylation sites (N-methyl/N-ethyl adjacent to an activating group) is 1. The molecule has 1 unspecified atom stereocenters. The van der Waals surface area contributed by atoms with Crippen LogP contribution in [0, 0.1) is 0 Å². The van der Waals surface area contributed by atoms with Crippen LogP contribution in [0.4, 0.5) is 18.9 Å². The lowest BCUT2D eigenvalue weighted by atomic mass is 9.81. The number of aliphatic hydroxyl groups excluding tert-OH is 1. The number of amides is 2. The molecular formula is C29H29F3N4O8S. The lowest BCUT2D eigenvalue weighted by molar-refractivity contribution is -0.274. The molecule has 2 aliphatic heterocycles. The van der Waals surface area contributed by atoms with Crippen LogP contribution in [0.2, 0.25) is 0 Å². The Morgan fingerprint density at radius 2 is 1.71 bits per heavy atom. The van der Waals surface area contributed by atoms with Gasteiger partial charge in [0.25, 0.3) is 15.9 Å². The number of β-amino-alcohol motifs (C(OH)–C–C–N with tert-alkyl or cyclic N) is 1. The van der Waals surface area contributed by atoms with Gasteiger partial charge in [-0.25, -0.2) is 17.7 Å². The minimum atomic E-state index is -5.13. The maximum absolute atomic E-state index is 15.1. The van der Waals surface area contributed by atoms with Crippen LogP contribution in [0.3, 0.4) is 0 Å². The topological polar surface area (TPSA) is 139 Å². The van der Waals surface area contributed by atoms with Gasteiger partial charge in [-0.05, 0) is 61.0 Å². The van der Waals surface area contributed by atoms with Crippen molar-refractivity contribution in [2.45, 2.75) is 35.4 Å². The molecule has 1 saturated heterocycles.